The van der Waals surface area contributed by atoms with E-state index < -0.39 is 0 Å². The van der Waals surface area contributed by atoms with Crippen LogP contribution >= 0.6 is 11.3 Å². The molecular formula is C37H32IrN2OS-2. The van der Waals surface area contributed by atoms with E-state index in [1.807, 2.05) is 24.5 Å². The van der Waals surface area contributed by atoms with Crippen LogP contribution in [0.25, 0.3) is 54.5 Å². The minimum absolute atomic E-state index is 0. The van der Waals surface area contributed by atoms with Crippen LogP contribution in [0.5, 0.6) is 0 Å². The van der Waals surface area contributed by atoms with Gasteiger partial charge in [0.25, 0.3) is 0 Å². The summed E-state index contributed by atoms with van der Waals surface area (Å²) in [5.41, 5.74) is 14.4. The predicted octanol–water partition coefficient (Wildman–Crippen LogP) is 10.4. The average molecular weight is 745 g/mol. The first-order chi connectivity index (χ1) is 19.7. The third kappa shape index (κ3) is 5.45. The van der Waals surface area contributed by atoms with E-state index in [2.05, 4.69) is 112 Å². The van der Waals surface area contributed by atoms with Gasteiger partial charge in [-0.05, 0) is 86.6 Å². The van der Waals surface area contributed by atoms with Crippen molar-refractivity contribution >= 4 is 43.4 Å². The largest absolute Gasteiger partial charge is 0.500 e. The van der Waals surface area contributed by atoms with E-state index >= 15 is 0 Å². The van der Waals surface area contributed by atoms with Crippen molar-refractivity contribution in [3.8, 4) is 22.5 Å². The van der Waals surface area contributed by atoms with E-state index in [9.17, 15) is 0 Å². The van der Waals surface area contributed by atoms with Crippen LogP contribution in [-0.4, -0.2) is 9.97 Å². The van der Waals surface area contributed by atoms with Crippen LogP contribution in [0.1, 0.15) is 38.9 Å². The van der Waals surface area contributed by atoms with E-state index in [1.54, 1.807) is 11.3 Å². The van der Waals surface area contributed by atoms with Crippen molar-refractivity contribution in [3.05, 3.63) is 117 Å². The summed E-state index contributed by atoms with van der Waals surface area (Å²) < 4.78 is 7.76. The Balaban J connectivity index is 0.000000189. The molecule has 4 aromatic heterocycles. The summed E-state index contributed by atoms with van der Waals surface area (Å²) >= 11 is 1.78. The summed E-state index contributed by atoms with van der Waals surface area (Å²) in [6, 6.07) is 23.3. The number of hydrogen-bond donors (Lipinski definition) is 0. The Hall–Kier alpha value is -3.63. The van der Waals surface area contributed by atoms with Gasteiger partial charge in [0.15, 0.2) is 0 Å². The summed E-state index contributed by atoms with van der Waals surface area (Å²) in [6.45, 7) is 14.8. The molecule has 42 heavy (non-hydrogen) atoms. The molecule has 0 unspecified atom stereocenters. The Morgan fingerprint density at radius 2 is 1.36 bits per heavy atom. The van der Waals surface area contributed by atoms with E-state index in [0.717, 1.165) is 39.1 Å². The molecule has 7 aromatic rings. The normalized spacial score (nSPS) is 11.0. The second kappa shape index (κ2) is 11.9. The van der Waals surface area contributed by atoms with Crippen LogP contribution in [0.2, 0.25) is 0 Å². The number of aromatic nitrogens is 2. The summed E-state index contributed by atoms with van der Waals surface area (Å²) in [7, 11) is 0. The SMILES string of the molecule is Cc1c[c-]c(-c2cc(C)c(C)cn2)cc1.Cc1cnc(-c2[c-]ccc3c2oc2c4c(C)csc4cc(C)c32)cc1C.[Ir]. The van der Waals surface area contributed by atoms with Gasteiger partial charge in [-0.2, -0.15) is 0 Å². The Morgan fingerprint density at radius 3 is 2.02 bits per heavy atom. The topological polar surface area (TPSA) is 38.9 Å². The van der Waals surface area contributed by atoms with Crippen LogP contribution in [0.4, 0.5) is 0 Å². The molecule has 0 amide bonds. The van der Waals surface area contributed by atoms with Crippen molar-refractivity contribution in [1.29, 1.82) is 0 Å². The van der Waals surface area contributed by atoms with Crippen LogP contribution in [0, 0.1) is 60.6 Å². The zero-order chi connectivity index (χ0) is 28.8. The predicted molar refractivity (Wildman–Crippen MR) is 173 cm³/mol. The molecule has 0 saturated heterocycles. The molecule has 0 aliphatic rings. The molecule has 0 bridgehead atoms. The number of fused-ring (bicyclic) bond motifs is 5. The van der Waals surface area contributed by atoms with Crippen molar-refractivity contribution < 1.29 is 24.5 Å². The van der Waals surface area contributed by atoms with Gasteiger partial charge in [0.05, 0.1) is 5.58 Å². The van der Waals surface area contributed by atoms with Crippen LogP contribution in [0.15, 0.2) is 70.7 Å². The number of aryl methyl sites for hydroxylation is 7. The van der Waals surface area contributed by atoms with Gasteiger partial charge >= 0.3 is 0 Å². The second-order valence-electron chi connectivity index (χ2n) is 11.0. The second-order valence-corrected chi connectivity index (χ2v) is 11.9. The van der Waals surface area contributed by atoms with Crippen molar-refractivity contribution in [3.63, 3.8) is 0 Å². The molecule has 0 spiro atoms. The smallest absolute Gasteiger partial charge is 0.130 e. The molecule has 3 aromatic carbocycles. The van der Waals surface area contributed by atoms with Crippen LogP contribution in [0.3, 0.4) is 0 Å². The standard InChI is InChI=1S/C23H18NOS.C14H14N.Ir/c1-12-8-18(24-10-14(12)3)16-6-5-7-17-20-13(2)9-19-21(15(4)11-26-19)23(20)25-22(16)17;1-10-4-6-13(7-5-10)14-8-11(2)12(3)9-15-14;/h5,7-11H,1-4H3;4-6,8-9H,1-3H3;/q2*-1;. The molecular weight excluding hydrogens is 713 g/mol. The van der Waals surface area contributed by atoms with E-state index in [0.29, 0.717) is 0 Å². The zero-order valence-electron chi connectivity index (χ0n) is 24.9. The first kappa shape index (κ1) is 29.8. The molecule has 0 fully saturated rings. The number of nitrogens with zero attached hydrogens (tertiary/aromatic N) is 2. The van der Waals surface area contributed by atoms with Gasteiger partial charge in [0.2, 0.25) is 0 Å². The van der Waals surface area contributed by atoms with Gasteiger partial charge in [0, 0.05) is 48.0 Å². The molecule has 3 nitrogen and oxygen atoms in total. The first-order valence-corrected chi connectivity index (χ1v) is 14.7. The van der Waals surface area contributed by atoms with Crippen molar-refractivity contribution in [2.75, 3.05) is 0 Å². The maximum absolute atomic E-state index is 6.48. The third-order valence-electron chi connectivity index (χ3n) is 7.87. The molecule has 7 rings (SSSR count). The number of thiophene rings is 1. The molecule has 0 aliphatic carbocycles. The maximum Gasteiger partial charge on any atom is 0.130 e. The van der Waals surface area contributed by atoms with E-state index in [1.165, 1.54) is 54.4 Å². The van der Waals surface area contributed by atoms with Gasteiger partial charge in [-0.15, -0.1) is 64.9 Å². The van der Waals surface area contributed by atoms with Crippen molar-refractivity contribution in [1.82, 2.24) is 9.97 Å². The van der Waals surface area contributed by atoms with E-state index in [4.69, 9.17) is 4.42 Å². The van der Waals surface area contributed by atoms with E-state index in [-0.39, 0.29) is 20.1 Å². The number of furan rings is 1. The average Bonchev–Trinajstić information content (AvgIpc) is 3.53. The summed E-state index contributed by atoms with van der Waals surface area (Å²) in [4.78, 5) is 9.04. The molecule has 0 aliphatic heterocycles. The number of benzene rings is 3. The first-order valence-electron chi connectivity index (χ1n) is 13.8. The number of hydrogen-bond acceptors (Lipinski definition) is 4. The minimum Gasteiger partial charge on any atom is -0.500 e. The molecule has 1 radical (unpaired) electrons. The van der Waals surface area contributed by atoms with Crippen LogP contribution < -0.4 is 0 Å². The van der Waals surface area contributed by atoms with Crippen LogP contribution in [-0.2, 0) is 20.1 Å². The van der Waals surface area contributed by atoms with Crippen molar-refractivity contribution in [2.24, 2.45) is 0 Å². The summed E-state index contributed by atoms with van der Waals surface area (Å²) in [6.07, 6.45) is 3.84. The summed E-state index contributed by atoms with van der Waals surface area (Å²) in [5, 5.41) is 5.77. The number of pyridine rings is 2. The van der Waals surface area contributed by atoms with Gasteiger partial charge in [0.1, 0.15) is 5.58 Å². The van der Waals surface area contributed by atoms with Gasteiger partial charge < -0.3 is 14.4 Å². The summed E-state index contributed by atoms with van der Waals surface area (Å²) in [5.74, 6) is 0. The molecule has 0 N–H and O–H groups in total. The molecule has 0 saturated carbocycles. The Labute approximate surface area is 265 Å². The van der Waals surface area contributed by atoms with Gasteiger partial charge in [-0.25, -0.2) is 0 Å². The maximum atomic E-state index is 6.48. The van der Waals surface area contributed by atoms with Gasteiger partial charge in [-0.3, -0.25) is 0 Å². The molecule has 4 heterocycles. The zero-order valence-corrected chi connectivity index (χ0v) is 28.1. The molecule has 213 valence electrons. The fourth-order valence-corrected chi connectivity index (χ4v) is 6.18. The van der Waals surface area contributed by atoms with Crippen molar-refractivity contribution in [2.45, 2.75) is 48.5 Å². The Bertz CT molecular complexity index is 2070. The Morgan fingerprint density at radius 1 is 0.667 bits per heavy atom. The minimum atomic E-state index is 0. The third-order valence-corrected chi connectivity index (χ3v) is 8.91. The Kier molecular flexibility index (Phi) is 8.48. The fraction of sp³-hybridized carbons (Fsp3) is 0.189. The van der Waals surface area contributed by atoms with Gasteiger partial charge in [-0.1, -0.05) is 41.1 Å². The number of rotatable bonds is 2. The molecule has 0 atom stereocenters. The molecule has 5 heteroatoms. The fourth-order valence-electron chi connectivity index (χ4n) is 5.14. The quantitative estimate of drug-likeness (QED) is 0.166. The monoisotopic (exact) mass is 745 g/mol.